The zero-order valence-corrected chi connectivity index (χ0v) is 26.1. The van der Waals surface area contributed by atoms with Gasteiger partial charge in [-0.3, -0.25) is 9.36 Å². The molecule has 6 nitrogen and oxygen atoms in total. The van der Waals surface area contributed by atoms with Gasteiger partial charge in [-0.05, 0) is 49.2 Å². The van der Waals surface area contributed by atoms with E-state index in [1.807, 2.05) is 66.7 Å². The Labute approximate surface area is 268 Å². The summed E-state index contributed by atoms with van der Waals surface area (Å²) in [4.78, 5) is 33.4. The van der Waals surface area contributed by atoms with Crippen molar-refractivity contribution in [1.82, 2.24) is 9.13 Å². The van der Waals surface area contributed by atoms with Crippen molar-refractivity contribution in [2.45, 2.75) is 26.4 Å². The van der Waals surface area contributed by atoms with E-state index in [-0.39, 0.29) is 17.7 Å². The van der Waals surface area contributed by atoms with Gasteiger partial charge in [0.15, 0.2) is 4.80 Å². The maximum Gasteiger partial charge on any atom is 0.338 e. The number of carbonyl (C=O) groups excluding carboxylic acids is 1. The van der Waals surface area contributed by atoms with E-state index in [9.17, 15) is 14.0 Å². The Morgan fingerprint density at radius 1 is 0.935 bits per heavy atom. The van der Waals surface area contributed by atoms with E-state index in [2.05, 4.69) is 35.8 Å². The summed E-state index contributed by atoms with van der Waals surface area (Å²) in [5.74, 6) is -0.989. The molecular weight excluding hydrogens is 598 g/mol. The van der Waals surface area contributed by atoms with Crippen LogP contribution in [0.5, 0.6) is 0 Å². The number of ether oxygens (including phenoxy) is 1. The van der Waals surface area contributed by atoms with Crippen molar-refractivity contribution in [3.63, 3.8) is 0 Å². The van der Waals surface area contributed by atoms with Crippen LogP contribution < -0.4 is 14.9 Å². The molecule has 0 bridgehead atoms. The summed E-state index contributed by atoms with van der Waals surface area (Å²) in [5, 5.41) is 1.04. The zero-order chi connectivity index (χ0) is 31.8. The third-order valence-corrected chi connectivity index (χ3v) is 9.28. The number of esters is 1. The molecule has 7 rings (SSSR count). The number of carbonyl (C=O) groups is 1. The number of halogens is 1. The first-order valence-electron chi connectivity index (χ1n) is 15.1. The summed E-state index contributed by atoms with van der Waals surface area (Å²) in [6, 6.07) is 32.8. The molecule has 0 saturated carbocycles. The van der Waals surface area contributed by atoms with Gasteiger partial charge < -0.3 is 9.30 Å². The molecule has 6 aromatic rings. The Morgan fingerprint density at radius 3 is 2.33 bits per heavy atom. The lowest BCUT2D eigenvalue weighted by Crippen LogP contribution is -2.40. The van der Waals surface area contributed by atoms with E-state index >= 15 is 0 Å². The van der Waals surface area contributed by atoms with E-state index in [0.717, 1.165) is 27.7 Å². The third kappa shape index (κ3) is 5.20. The highest BCUT2D eigenvalue weighted by Gasteiger charge is 2.35. The lowest BCUT2D eigenvalue weighted by molar-refractivity contribution is -0.138. The quantitative estimate of drug-likeness (QED) is 0.193. The highest BCUT2D eigenvalue weighted by Crippen LogP contribution is 2.35. The first-order chi connectivity index (χ1) is 22.4. The van der Waals surface area contributed by atoms with Crippen LogP contribution in [-0.4, -0.2) is 21.7 Å². The molecule has 3 heterocycles. The highest BCUT2D eigenvalue weighted by atomic mass is 32.1. The number of benzene rings is 4. The molecular formula is C38H30FN3O3S. The van der Waals surface area contributed by atoms with E-state index < -0.39 is 17.8 Å². The van der Waals surface area contributed by atoms with Crippen molar-refractivity contribution in [3.8, 4) is 0 Å². The Bertz CT molecular complexity index is 2300. The minimum absolute atomic E-state index is 0.150. The van der Waals surface area contributed by atoms with Crippen LogP contribution in [0, 0.1) is 12.7 Å². The van der Waals surface area contributed by atoms with Crippen LogP contribution in [0.4, 0.5) is 4.39 Å². The molecule has 0 N–H and O–H groups in total. The van der Waals surface area contributed by atoms with Gasteiger partial charge >= 0.3 is 5.97 Å². The van der Waals surface area contributed by atoms with Crippen molar-refractivity contribution in [1.29, 1.82) is 0 Å². The summed E-state index contributed by atoms with van der Waals surface area (Å²) in [6.07, 6.45) is 1.93. The third-order valence-electron chi connectivity index (χ3n) is 8.30. The van der Waals surface area contributed by atoms with Crippen LogP contribution in [0.1, 0.15) is 40.9 Å². The zero-order valence-electron chi connectivity index (χ0n) is 25.3. The topological polar surface area (TPSA) is 65.6 Å². The number of thiazole rings is 1. The van der Waals surface area contributed by atoms with Gasteiger partial charge in [-0.15, -0.1) is 0 Å². The van der Waals surface area contributed by atoms with E-state index in [1.165, 1.54) is 29.0 Å². The first-order valence-corrected chi connectivity index (χ1v) is 15.9. The Balaban J connectivity index is 1.48. The standard InChI is InChI=1S/C38H30FN3O3S/c1-3-45-37(44)33-34(26-14-8-5-9-15-26)40-38-42(35(33)27-18-20-28(39)21-19-27)36(43)32(46-38)22-30-24(2)41(23-25-12-6-4-7-13-25)31-17-11-10-16-29(30)31/h4-22,35H,3,23H2,1-2H3/b32-22-/t35-/m1/s1. The van der Waals surface area contributed by atoms with Crippen LogP contribution in [0.2, 0.25) is 0 Å². The normalized spacial score (nSPS) is 14.8. The summed E-state index contributed by atoms with van der Waals surface area (Å²) < 4.78 is 23.9. The minimum Gasteiger partial charge on any atom is -0.463 e. The number of fused-ring (bicyclic) bond motifs is 2. The van der Waals surface area contributed by atoms with E-state index in [1.54, 1.807) is 23.6 Å². The first kappa shape index (κ1) is 29.4. The SMILES string of the molecule is CCOC(=O)C1=C(c2ccccc2)N=c2s/c(=C\c3c(C)n(Cc4ccccc4)c4ccccc34)c(=O)n2[C@@H]1c1ccc(F)cc1. The molecule has 8 heteroatoms. The Hall–Kier alpha value is -5.34. The van der Waals surface area contributed by atoms with Crippen LogP contribution in [-0.2, 0) is 16.1 Å². The molecule has 1 aliphatic heterocycles. The average Bonchev–Trinajstić information content (AvgIpc) is 3.54. The summed E-state index contributed by atoms with van der Waals surface area (Å²) in [6.45, 7) is 4.65. The van der Waals surface area contributed by atoms with Gasteiger partial charge in [0.05, 0.1) is 28.5 Å². The lowest BCUT2D eigenvalue weighted by Gasteiger charge is -2.25. The Morgan fingerprint density at radius 2 is 1.61 bits per heavy atom. The maximum absolute atomic E-state index is 14.4. The molecule has 0 amide bonds. The lowest BCUT2D eigenvalue weighted by atomic mass is 9.93. The van der Waals surface area contributed by atoms with Gasteiger partial charge in [0.2, 0.25) is 0 Å². The molecule has 0 spiro atoms. The van der Waals surface area contributed by atoms with Crippen LogP contribution >= 0.6 is 11.3 Å². The molecule has 4 aromatic carbocycles. The molecule has 0 radical (unpaired) electrons. The molecule has 0 unspecified atom stereocenters. The summed E-state index contributed by atoms with van der Waals surface area (Å²) in [5.41, 5.74) is 5.90. The number of nitrogens with zero attached hydrogens (tertiary/aromatic N) is 3. The monoisotopic (exact) mass is 627 g/mol. The summed E-state index contributed by atoms with van der Waals surface area (Å²) >= 11 is 1.27. The molecule has 0 fully saturated rings. The van der Waals surface area contributed by atoms with Gasteiger partial charge in [-0.1, -0.05) is 102 Å². The van der Waals surface area contributed by atoms with Crippen molar-refractivity contribution >= 4 is 40.0 Å². The van der Waals surface area contributed by atoms with Crippen LogP contribution in [0.3, 0.4) is 0 Å². The second-order valence-corrected chi connectivity index (χ2v) is 12.1. The van der Waals surface area contributed by atoms with Crippen molar-refractivity contribution in [2.24, 2.45) is 4.99 Å². The largest absolute Gasteiger partial charge is 0.463 e. The Kier molecular flexibility index (Phi) is 7.80. The number of hydrogen-bond acceptors (Lipinski definition) is 5. The van der Waals surface area contributed by atoms with Crippen molar-refractivity contribution in [2.75, 3.05) is 6.61 Å². The van der Waals surface area contributed by atoms with Gasteiger partial charge in [-0.2, -0.15) is 0 Å². The average molecular weight is 628 g/mol. The fourth-order valence-electron chi connectivity index (χ4n) is 6.14. The smallest absolute Gasteiger partial charge is 0.338 e. The minimum atomic E-state index is -0.867. The predicted octanol–water partition coefficient (Wildman–Crippen LogP) is 6.39. The van der Waals surface area contributed by atoms with Crippen LogP contribution in [0.25, 0.3) is 22.7 Å². The van der Waals surface area contributed by atoms with Gasteiger partial charge in [0.25, 0.3) is 5.56 Å². The predicted molar refractivity (Wildman–Crippen MR) is 180 cm³/mol. The van der Waals surface area contributed by atoms with Gasteiger partial charge in [0, 0.05) is 34.3 Å². The second-order valence-electron chi connectivity index (χ2n) is 11.1. The van der Waals surface area contributed by atoms with Crippen molar-refractivity contribution < 1.29 is 13.9 Å². The van der Waals surface area contributed by atoms with Gasteiger partial charge in [0.1, 0.15) is 5.82 Å². The molecule has 2 aromatic heterocycles. The van der Waals surface area contributed by atoms with E-state index in [0.29, 0.717) is 27.1 Å². The fraction of sp³-hybridized carbons (Fsp3) is 0.132. The maximum atomic E-state index is 14.4. The second kappa shape index (κ2) is 12.2. The van der Waals surface area contributed by atoms with Crippen molar-refractivity contribution in [3.05, 3.63) is 168 Å². The van der Waals surface area contributed by atoms with E-state index in [4.69, 9.17) is 9.73 Å². The number of aromatic nitrogens is 2. The number of hydrogen-bond donors (Lipinski definition) is 0. The highest BCUT2D eigenvalue weighted by molar-refractivity contribution is 7.07. The molecule has 1 aliphatic rings. The number of rotatable bonds is 7. The molecule has 1 atom stereocenters. The molecule has 46 heavy (non-hydrogen) atoms. The molecule has 0 aliphatic carbocycles. The molecule has 228 valence electrons. The van der Waals surface area contributed by atoms with Crippen LogP contribution in [0.15, 0.2) is 125 Å². The van der Waals surface area contributed by atoms with Gasteiger partial charge in [-0.25, -0.2) is 14.2 Å². The number of para-hydroxylation sites is 1. The fourth-order valence-corrected chi connectivity index (χ4v) is 7.12. The molecule has 0 saturated heterocycles. The summed E-state index contributed by atoms with van der Waals surface area (Å²) in [7, 11) is 0.